The number of hydrogen-bond acceptors (Lipinski definition) is 7. The van der Waals surface area contributed by atoms with E-state index in [9.17, 15) is 14.4 Å². The van der Waals surface area contributed by atoms with E-state index < -0.39 is 0 Å². The van der Waals surface area contributed by atoms with Crippen LogP contribution in [0.15, 0.2) is 10.6 Å². The Morgan fingerprint density at radius 3 is 2.85 bits per heavy atom. The first-order chi connectivity index (χ1) is 13.0. The topological polar surface area (TPSA) is 131 Å². The van der Waals surface area contributed by atoms with E-state index in [1.165, 1.54) is 11.8 Å². The van der Waals surface area contributed by atoms with Gasteiger partial charge in [0.1, 0.15) is 5.76 Å². The minimum atomic E-state index is -0.231. The number of nitrogens with zero attached hydrogens (tertiary/aromatic N) is 2. The van der Waals surface area contributed by atoms with Gasteiger partial charge < -0.3 is 25.8 Å². The molecule has 1 fully saturated rings. The van der Waals surface area contributed by atoms with Gasteiger partial charge in [-0.15, -0.1) is 11.8 Å². The molecular weight excluding hydrogens is 370 g/mol. The average molecular weight is 398 g/mol. The zero-order chi connectivity index (χ0) is 19.6. The largest absolute Gasteiger partial charge is 0.360 e. The van der Waals surface area contributed by atoms with Crippen LogP contribution in [0.1, 0.15) is 31.4 Å². The molecule has 1 saturated heterocycles. The molecule has 0 aromatic carbocycles. The van der Waals surface area contributed by atoms with Crippen LogP contribution in [-0.2, 0) is 14.4 Å². The maximum absolute atomic E-state index is 12.5. The normalized spacial score (nSPS) is 16.8. The van der Waals surface area contributed by atoms with Crippen molar-refractivity contribution >= 4 is 35.3 Å². The van der Waals surface area contributed by atoms with Crippen LogP contribution < -0.4 is 16.4 Å². The Hall–Kier alpha value is -2.07. The molecule has 1 aromatic rings. The summed E-state index contributed by atoms with van der Waals surface area (Å²) in [5, 5.41) is 9.16. The Morgan fingerprint density at radius 2 is 2.15 bits per heavy atom. The molecular formula is C17H27N5O4S. The number of hydrogen-bond donors (Lipinski definition) is 3. The van der Waals surface area contributed by atoms with Crippen LogP contribution >= 0.6 is 11.8 Å². The summed E-state index contributed by atoms with van der Waals surface area (Å²) in [5.74, 6) is 1.02. The number of aryl methyl sites for hydroxylation is 1. The van der Waals surface area contributed by atoms with Gasteiger partial charge in [-0.25, -0.2) is 0 Å². The molecule has 0 aliphatic carbocycles. The van der Waals surface area contributed by atoms with Gasteiger partial charge in [0.2, 0.25) is 17.7 Å². The monoisotopic (exact) mass is 397 g/mol. The summed E-state index contributed by atoms with van der Waals surface area (Å²) in [6.07, 6.45) is 3.14. The highest BCUT2D eigenvalue weighted by molar-refractivity contribution is 8.00. The molecule has 4 N–H and O–H groups in total. The number of anilines is 1. The lowest BCUT2D eigenvalue weighted by molar-refractivity contribution is -0.132. The van der Waals surface area contributed by atoms with Crippen molar-refractivity contribution in [2.75, 3.05) is 36.5 Å². The Morgan fingerprint density at radius 1 is 1.33 bits per heavy atom. The molecule has 0 saturated carbocycles. The van der Waals surface area contributed by atoms with E-state index in [4.69, 9.17) is 10.3 Å². The third-order valence-corrected chi connectivity index (χ3v) is 5.13. The molecule has 27 heavy (non-hydrogen) atoms. The smallest absolute Gasteiger partial charge is 0.235 e. The molecule has 1 aliphatic rings. The number of carbonyl (C=O) groups is 3. The fraction of sp³-hybridized carbons (Fsp3) is 0.647. The number of nitrogens with two attached hydrogens (primary N) is 1. The van der Waals surface area contributed by atoms with E-state index in [0.29, 0.717) is 31.2 Å². The van der Waals surface area contributed by atoms with Crippen molar-refractivity contribution in [1.29, 1.82) is 0 Å². The Bertz CT molecular complexity index is 651. The quantitative estimate of drug-likeness (QED) is 0.553. The fourth-order valence-electron chi connectivity index (χ4n) is 2.91. The number of amides is 3. The van der Waals surface area contributed by atoms with Crippen molar-refractivity contribution in [2.45, 2.75) is 38.6 Å². The Balaban J connectivity index is 1.73. The number of likely N-dealkylation sites (tertiary alicyclic amines) is 1. The fourth-order valence-corrected chi connectivity index (χ4v) is 3.61. The maximum Gasteiger partial charge on any atom is 0.235 e. The average Bonchev–Trinajstić information content (AvgIpc) is 3.05. The van der Waals surface area contributed by atoms with Crippen molar-refractivity contribution < 1.29 is 18.9 Å². The van der Waals surface area contributed by atoms with Crippen molar-refractivity contribution in [3.63, 3.8) is 0 Å². The lowest BCUT2D eigenvalue weighted by Crippen LogP contribution is -2.50. The zero-order valence-corrected chi connectivity index (χ0v) is 16.3. The summed E-state index contributed by atoms with van der Waals surface area (Å²) in [7, 11) is 0. The van der Waals surface area contributed by atoms with Gasteiger partial charge >= 0.3 is 0 Å². The van der Waals surface area contributed by atoms with Crippen LogP contribution in [0.3, 0.4) is 0 Å². The second-order valence-corrected chi connectivity index (χ2v) is 7.43. The molecule has 3 amide bonds. The van der Waals surface area contributed by atoms with E-state index in [-0.39, 0.29) is 41.7 Å². The van der Waals surface area contributed by atoms with Crippen LogP contribution in [0.4, 0.5) is 5.82 Å². The molecule has 1 atom stereocenters. The first-order valence-electron chi connectivity index (χ1n) is 9.06. The van der Waals surface area contributed by atoms with Crippen LogP contribution in [0.25, 0.3) is 0 Å². The van der Waals surface area contributed by atoms with Gasteiger partial charge in [0.15, 0.2) is 5.82 Å². The lowest BCUT2D eigenvalue weighted by atomic mass is 10.0. The van der Waals surface area contributed by atoms with E-state index in [2.05, 4.69) is 15.8 Å². The third-order valence-electron chi connectivity index (χ3n) is 4.21. The Labute approximate surface area is 162 Å². The maximum atomic E-state index is 12.5. The highest BCUT2D eigenvalue weighted by atomic mass is 32.2. The second kappa shape index (κ2) is 10.9. The van der Waals surface area contributed by atoms with Crippen LogP contribution in [-0.4, -0.2) is 65.0 Å². The van der Waals surface area contributed by atoms with Gasteiger partial charge in [0.25, 0.3) is 0 Å². The molecule has 150 valence electrons. The number of piperidine rings is 1. The molecule has 10 heteroatoms. The van der Waals surface area contributed by atoms with E-state index in [0.717, 1.165) is 19.3 Å². The van der Waals surface area contributed by atoms with Crippen LogP contribution in [0.2, 0.25) is 0 Å². The van der Waals surface area contributed by atoms with Crippen molar-refractivity contribution in [1.82, 2.24) is 15.4 Å². The van der Waals surface area contributed by atoms with Gasteiger partial charge in [0.05, 0.1) is 11.5 Å². The van der Waals surface area contributed by atoms with Crippen molar-refractivity contribution in [2.24, 2.45) is 5.73 Å². The summed E-state index contributed by atoms with van der Waals surface area (Å²) in [5.41, 5.74) is 5.37. The van der Waals surface area contributed by atoms with E-state index >= 15 is 0 Å². The molecule has 9 nitrogen and oxygen atoms in total. The summed E-state index contributed by atoms with van der Waals surface area (Å²) < 4.78 is 4.89. The minimum absolute atomic E-state index is 0.000469. The van der Waals surface area contributed by atoms with Gasteiger partial charge in [-0.1, -0.05) is 5.16 Å². The predicted octanol–water partition coefficient (Wildman–Crippen LogP) is 0.501. The summed E-state index contributed by atoms with van der Waals surface area (Å²) in [6.45, 7) is 3.18. The summed E-state index contributed by atoms with van der Waals surface area (Å²) in [6, 6.07) is 1.63. The number of thioether (sulfide) groups is 1. The SMILES string of the molecule is Cc1cc(NC(=O)CSCC(=O)N2CCCCC2CNC(=O)CCN)no1. The molecule has 2 heterocycles. The van der Waals surface area contributed by atoms with E-state index in [1.807, 2.05) is 4.90 Å². The first-order valence-corrected chi connectivity index (χ1v) is 10.2. The van der Waals surface area contributed by atoms with Gasteiger partial charge in [-0.3, -0.25) is 14.4 Å². The summed E-state index contributed by atoms with van der Waals surface area (Å²) >= 11 is 1.26. The standard InChI is InChI=1S/C17H27N5O4S/c1-12-8-14(21-26-12)20-16(24)10-27-11-17(25)22-7-3-2-4-13(22)9-19-15(23)5-6-18/h8,13H,2-7,9-11,18H2,1H3,(H,19,23)(H,20,21,24). The van der Waals surface area contributed by atoms with Crippen molar-refractivity contribution in [3.8, 4) is 0 Å². The van der Waals surface area contributed by atoms with Gasteiger partial charge in [-0.05, 0) is 26.2 Å². The molecule has 1 aliphatic heterocycles. The van der Waals surface area contributed by atoms with Crippen molar-refractivity contribution in [3.05, 3.63) is 11.8 Å². The molecule has 0 bridgehead atoms. The molecule has 2 rings (SSSR count). The van der Waals surface area contributed by atoms with Gasteiger partial charge in [0, 0.05) is 38.2 Å². The van der Waals surface area contributed by atoms with E-state index in [1.54, 1.807) is 13.0 Å². The Kier molecular flexibility index (Phi) is 8.59. The lowest BCUT2D eigenvalue weighted by Gasteiger charge is -2.36. The summed E-state index contributed by atoms with van der Waals surface area (Å²) in [4.78, 5) is 37.8. The molecule has 0 spiro atoms. The number of carbonyl (C=O) groups excluding carboxylic acids is 3. The van der Waals surface area contributed by atoms with Gasteiger partial charge in [-0.2, -0.15) is 0 Å². The van der Waals surface area contributed by atoms with Crippen LogP contribution in [0.5, 0.6) is 0 Å². The molecule has 1 aromatic heterocycles. The molecule has 1 unspecified atom stereocenters. The van der Waals surface area contributed by atoms with Crippen LogP contribution in [0, 0.1) is 6.92 Å². The molecule has 0 radical (unpaired) electrons. The number of rotatable bonds is 9. The number of nitrogens with one attached hydrogen (secondary N) is 2. The minimum Gasteiger partial charge on any atom is -0.360 e. The highest BCUT2D eigenvalue weighted by Gasteiger charge is 2.26. The third kappa shape index (κ3) is 7.22. The predicted molar refractivity (Wildman–Crippen MR) is 103 cm³/mol. The second-order valence-electron chi connectivity index (χ2n) is 6.44. The highest BCUT2D eigenvalue weighted by Crippen LogP contribution is 2.18. The number of aromatic nitrogens is 1. The first kappa shape index (κ1) is 21.2. The zero-order valence-electron chi connectivity index (χ0n) is 15.5.